The van der Waals surface area contributed by atoms with Crippen molar-refractivity contribution in [2.75, 3.05) is 26.2 Å². The van der Waals surface area contributed by atoms with Crippen molar-refractivity contribution in [3.8, 4) is 0 Å². The third kappa shape index (κ3) is 4.91. The first kappa shape index (κ1) is 19.5. The van der Waals surface area contributed by atoms with Gasteiger partial charge >= 0.3 is 12.2 Å². The molecule has 148 valence electrons. The third-order valence-corrected chi connectivity index (χ3v) is 5.13. The van der Waals surface area contributed by atoms with E-state index in [9.17, 15) is 9.59 Å². The minimum Gasteiger partial charge on any atom is -0.445 e. The van der Waals surface area contributed by atoms with Gasteiger partial charge in [-0.2, -0.15) is 0 Å². The molecule has 2 aliphatic heterocycles. The summed E-state index contributed by atoms with van der Waals surface area (Å²) in [6, 6.07) is 9.44. The summed E-state index contributed by atoms with van der Waals surface area (Å²) in [6.07, 6.45) is 0.0243. The number of alkyl carbamates (subject to hydrolysis) is 1. The number of nitrogens with zero attached hydrogens (tertiary/aromatic N) is 1. The van der Waals surface area contributed by atoms with Crippen molar-refractivity contribution >= 4 is 12.2 Å². The van der Waals surface area contributed by atoms with Crippen LogP contribution >= 0.6 is 0 Å². The Bertz CT molecular complexity index is 668. The molecule has 0 aliphatic carbocycles. The Hall–Kier alpha value is -2.28. The van der Waals surface area contributed by atoms with E-state index in [4.69, 9.17) is 9.47 Å². The van der Waals surface area contributed by atoms with Crippen LogP contribution in [0.2, 0.25) is 0 Å². The molecule has 1 spiro atoms. The summed E-state index contributed by atoms with van der Waals surface area (Å²) in [7, 11) is 0. The Morgan fingerprint density at radius 1 is 1.26 bits per heavy atom. The van der Waals surface area contributed by atoms with Crippen molar-refractivity contribution in [2.24, 2.45) is 5.41 Å². The van der Waals surface area contributed by atoms with Crippen LogP contribution in [0.5, 0.6) is 0 Å². The van der Waals surface area contributed by atoms with E-state index < -0.39 is 11.7 Å². The van der Waals surface area contributed by atoms with Gasteiger partial charge in [0.25, 0.3) is 0 Å². The number of rotatable bonds is 3. The number of hydrogen-bond acceptors (Lipinski definition) is 5. The van der Waals surface area contributed by atoms with Gasteiger partial charge in [-0.3, -0.25) is 0 Å². The first-order chi connectivity index (χ1) is 12.8. The van der Waals surface area contributed by atoms with Crippen LogP contribution < -0.4 is 10.6 Å². The van der Waals surface area contributed by atoms with Crippen LogP contribution in [-0.4, -0.2) is 54.9 Å². The fourth-order valence-corrected chi connectivity index (χ4v) is 3.53. The number of likely N-dealkylation sites (tertiary alicyclic amines) is 1. The van der Waals surface area contributed by atoms with Crippen LogP contribution in [0.3, 0.4) is 0 Å². The van der Waals surface area contributed by atoms with Crippen LogP contribution in [0.1, 0.15) is 32.8 Å². The molecule has 2 fully saturated rings. The maximum Gasteiger partial charge on any atom is 0.410 e. The second kappa shape index (κ2) is 7.76. The Morgan fingerprint density at radius 3 is 2.56 bits per heavy atom. The summed E-state index contributed by atoms with van der Waals surface area (Å²) < 4.78 is 10.8. The molecule has 2 aliphatic rings. The van der Waals surface area contributed by atoms with E-state index in [-0.39, 0.29) is 24.2 Å². The smallest absolute Gasteiger partial charge is 0.410 e. The summed E-state index contributed by atoms with van der Waals surface area (Å²) in [4.78, 5) is 26.4. The molecule has 3 rings (SSSR count). The maximum atomic E-state index is 12.5. The third-order valence-electron chi connectivity index (χ3n) is 5.13. The minimum absolute atomic E-state index is 0.0207. The molecule has 7 nitrogen and oxygen atoms in total. The molecular weight excluding hydrogens is 346 g/mol. The van der Waals surface area contributed by atoms with Crippen LogP contribution in [-0.2, 0) is 16.1 Å². The van der Waals surface area contributed by atoms with Gasteiger partial charge in [-0.05, 0) is 32.8 Å². The van der Waals surface area contributed by atoms with Crippen molar-refractivity contribution in [3.05, 3.63) is 35.9 Å². The van der Waals surface area contributed by atoms with Gasteiger partial charge in [0.15, 0.2) is 0 Å². The van der Waals surface area contributed by atoms with E-state index in [1.165, 1.54) is 0 Å². The van der Waals surface area contributed by atoms with Gasteiger partial charge in [-0.25, -0.2) is 9.59 Å². The molecule has 1 aromatic carbocycles. The van der Waals surface area contributed by atoms with E-state index >= 15 is 0 Å². The van der Waals surface area contributed by atoms with Gasteiger partial charge in [0.2, 0.25) is 0 Å². The van der Waals surface area contributed by atoms with Crippen molar-refractivity contribution in [1.29, 1.82) is 0 Å². The van der Waals surface area contributed by atoms with Crippen LogP contribution in [0.4, 0.5) is 9.59 Å². The molecule has 2 heterocycles. The number of ether oxygens (including phenoxy) is 2. The Balaban J connectivity index is 1.58. The lowest BCUT2D eigenvalue weighted by Gasteiger charge is -2.53. The van der Waals surface area contributed by atoms with E-state index in [1.54, 1.807) is 4.90 Å². The molecule has 0 aromatic heterocycles. The molecule has 1 unspecified atom stereocenters. The lowest BCUT2D eigenvalue weighted by molar-refractivity contribution is -0.00124. The normalized spacial score (nSPS) is 21.3. The number of benzene rings is 1. The highest BCUT2D eigenvalue weighted by Gasteiger charge is 2.49. The average Bonchev–Trinajstić information content (AvgIpc) is 2.57. The SMILES string of the molecule is CC(C)(C)OC(=O)NC1CN(C(=O)OCc2ccccc2)CCC12CNC2. The van der Waals surface area contributed by atoms with Gasteiger partial charge in [0.1, 0.15) is 12.2 Å². The minimum atomic E-state index is -0.557. The lowest BCUT2D eigenvalue weighted by atomic mass is 9.70. The van der Waals surface area contributed by atoms with Crippen LogP contribution in [0.25, 0.3) is 0 Å². The van der Waals surface area contributed by atoms with Gasteiger partial charge in [0, 0.05) is 31.6 Å². The Kier molecular flexibility index (Phi) is 5.60. The zero-order valence-electron chi connectivity index (χ0n) is 16.3. The van der Waals surface area contributed by atoms with E-state index in [1.807, 2.05) is 51.1 Å². The number of amides is 2. The molecule has 2 saturated heterocycles. The molecule has 1 aromatic rings. The summed E-state index contributed by atoms with van der Waals surface area (Å²) in [6.45, 7) is 8.47. The van der Waals surface area contributed by atoms with Crippen LogP contribution in [0.15, 0.2) is 30.3 Å². The van der Waals surface area contributed by atoms with Crippen molar-refractivity contribution in [3.63, 3.8) is 0 Å². The molecular formula is C20H29N3O4. The molecule has 0 radical (unpaired) electrons. The van der Waals surface area contributed by atoms with E-state index in [2.05, 4.69) is 10.6 Å². The largest absolute Gasteiger partial charge is 0.445 e. The van der Waals surface area contributed by atoms with Crippen molar-refractivity contribution in [1.82, 2.24) is 15.5 Å². The van der Waals surface area contributed by atoms with E-state index in [0.717, 1.165) is 25.1 Å². The summed E-state index contributed by atoms with van der Waals surface area (Å²) in [5.41, 5.74) is 0.372. The molecule has 2 amide bonds. The second-order valence-corrected chi connectivity index (χ2v) is 8.40. The summed E-state index contributed by atoms with van der Waals surface area (Å²) >= 11 is 0. The first-order valence-electron chi connectivity index (χ1n) is 9.43. The van der Waals surface area contributed by atoms with E-state index in [0.29, 0.717) is 13.1 Å². The van der Waals surface area contributed by atoms with Gasteiger partial charge < -0.3 is 25.0 Å². The van der Waals surface area contributed by atoms with Crippen molar-refractivity contribution in [2.45, 2.75) is 45.4 Å². The summed E-state index contributed by atoms with van der Waals surface area (Å²) in [5, 5.41) is 6.26. The zero-order chi connectivity index (χ0) is 19.5. The highest BCUT2D eigenvalue weighted by molar-refractivity contribution is 5.70. The monoisotopic (exact) mass is 375 g/mol. The molecule has 27 heavy (non-hydrogen) atoms. The molecule has 0 bridgehead atoms. The fourth-order valence-electron chi connectivity index (χ4n) is 3.53. The quantitative estimate of drug-likeness (QED) is 0.849. The van der Waals surface area contributed by atoms with Gasteiger partial charge in [-0.15, -0.1) is 0 Å². The first-order valence-corrected chi connectivity index (χ1v) is 9.43. The maximum absolute atomic E-state index is 12.5. The number of piperidine rings is 1. The van der Waals surface area contributed by atoms with Gasteiger partial charge in [0.05, 0.1) is 6.04 Å². The highest BCUT2D eigenvalue weighted by Crippen LogP contribution is 2.36. The molecule has 0 saturated carbocycles. The fraction of sp³-hybridized carbons (Fsp3) is 0.600. The molecule has 7 heteroatoms. The van der Waals surface area contributed by atoms with Crippen molar-refractivity contribution < 1.29 is 19.1 Å². The predicted molar refractivity (Wildman–Crippen MR) is 101 cm³/mol. The topological polar surface area (TPSA) is 79.9 Å². The second-order valence-electron chi connectivity index (χ2n) is 8.40. The summed E-state index contributed by atoms with van der Waals surface area (Å²) in [5.74, 6) is 0. The Labute approximate surface area is 160 Å². The number of nitrogens with one attached hydrogen (secondary N) is 2. The molecule has 2 N–H and O–H groups in total. The van der Waals surface area contributed by atoms with Crippen LogP contribution in [0, 0.1) is 5.41 Å². The highest BCUT2D eigenvalue weighted by atomic mass is 16.6. The average molecular weight is 375 g/mol. The molecule has 1 atom stereocenters. The Morgan fingerprint density at radius 2 is 1.96 bits per heavy atom. The standard InChI is InChI=1S/C20H29N3O4/c1-19(2,3)27-17(24)22-16-11-23(10-9-20(16)13-21-14-20)18(25)26-12-15-7-5-4-6-8-15/h4-8,16,21H,9-14H2,1-3H3,(H,22,24). The number of hydrogen-bond donors (Lipinski definition) is 2. The number of carbonyl (C=O) groups excluding carboxylic acids is 2. The zero-order valence-corrected chi connectivity index (χ0v) is 16.3. The lowest BCUT2D eigenvalue weighted by Crippen LogP contribution is -2.70. The number of carbonyl (C=O) groups is 2. The predicted octanol–water partition coefficient (Wildman–Crippen LogP) is 2.51. The van der Waals surface area contributed by atoms with Gasteiger partial charge in [-0.1, -0.05) is 30.3 Å².